The minimum absolute atomic E-state index is 0.0434. The predicted molar refractivity (Wildman–Crippen MR) is 285 cm³/mol. The fourth-order valence-electron chi connectivity index (χ4n) is 13.2. The van der Waals surface area contributed by atoms with Gasteiger partial charge >= 0.3 is 0 Å². The first kappa shape index (κ1) is 40.8. The van der Waals surface area contributed by atoms with Crippen LogP contribution >= 0.6 is 0 Å². The van der Waals surface area contributed by atoms with Gasteiger partial charge in [-0.05, 0) is 138 Å². The Morgan fingerprint density at radius 1 is 0.456 bits per heavy atom. The molecule has 8 aromatic carbocycles. The molecule has 0 saturated heterocycles. The Morgan fingerprint density at radius 3 is 1.84 bits per heavy atom. The number of rotatable bonds is 7. The summed E-state index contributed by atoms with van der Waals surface area (Å²) >= 11 is 0. The highest BCUT2D eigenvalue weighted by Crippen LogP contribution is 2.61. The lowest BCUT2D eigenvalue weighted by molar-refractivity contribution is 0.394. The van der Waals surface area contributed by atoms with Crippen LogP contribution in [-0.4, -0.2) is 0 Å². The van der Waals surface area contributed by atoms with Gasteiger partial charge in [0.1, 0.15) is 0 Å². The Morgan fingerprint density at radius 2 is 1.06 bits per heavy atom. The van der Waals surface area contributed by atoms with Crippen molar-refractivity contribution in [1.29, 1.82) is 0 Å². The van der Waals surface area contributed by atoms with Crippen LogP contribution in [0.5, 0.6) is 0 Å². The number of para-hydroxylation sites is 1. The minimum atomic E-state index is -0.620. The molecule has 3 atom stereocenters. The molecule has 0 heterocycles. The molecule has 0 N–H and O–H groups in total. The quantitative estimate of drug-likeness (QED) is 0.154. The van der Waals surface area contributed by atoms with E-state index in [1.165, 1.54) is 94.7 Å². The van der Waals surface area contributed by atoms with Gasteiger partial charge in [0.25, 0.3) is 0 Å². The van der Waals surface area contributed by atoms with Crippen LogP contribution in [0.3, 0.4) is 0 Å². The van der Waals surface area contributed by atoms with Gasteiger partial charge in [-0.1, -0.05) is 222 Å². The largest absolute Gasteiger partial charge is 0.310 e. The van der Waals surface area contributed by atoms with Crippen LogP contribution in [0.4, 0.5) is 17.1 Å². The zero-order valence-electron chi connectivity index (χ0n) is 39.4. The summed E-state index contributed by atoms with van der Waals surface area (Å²) in [6, 6.07) is 69.8. The molecule has 0 radical (unpaired) electrons. The lowest BCUT2D eigenvalue weighted by Gasteiger charge is -2.37. The number of hydrogen-bond acceptors (Lipinski definition) is 1. The second kappa shape index (κ2) is 15.3. The van der Waals surface area contributed by atoms with E-state index in [0.717, 1.165) is 24.2 Å². The summed E-state index contributed by atoms with van der Waals surface area (Å²) in [7, 11) is 0. The number of hydrogen-bond donors (Lipinski definition) is 0. The Labute approximate surface area is 402 Å². The van der Waals surface area contributed by atoms with Crippen molar-refractivity contribution in [2.75, 3.05) is 4.90 Å². The average molecular weight is 874 g/mol. The van der Waals surface area contributed by atoms with E-state index in [2.05, 4.69) is 257 Å². The third-order valence-electron chi connectivity index (χ3n) is 16.5. The van der Waals surface area contributed by atoms with Crippen molar-refractivity contribution >= 4 is 22.6 Å². The molecule has 0 amide bonds. The lowest BCUT2D eigenvalue weighted by atomic mass is 9.65. The highest BCUT2D eigenvalue weighted by atomic mass is 15.1. The number of benzene rings is 8. The Hall–Kier alpha value is -7.48. The molecule has 3 unspecified atom stereocenters. The van der Waals surface area contributed by atoms with Crippen molar-refractivity contribution in [3.8, 4) is 33.4 Å². The minimum Gasteiger partial charge on any atom is -0.310 e. The average Bonchev–Trinajstić information content (AvgIpc) is 3.91. The summed E-state index contributed by atoms with van der Waals surface area (Å²) in [6.45, 7) is 9.77. The number of nitrogens with zero attached hydrogens (tertiary/aromatic N) is 1. The predicted octanol–water partition coefficient (Wildman–Crippen LogP) is 17.3. The van der Waals surface area contributed by atoms with Gasteiger partial charge < -0.3 is 4.90 Å². The molecule has 1 nitrogen and oxygen atoms in total. The third-order valence-corrected chi connectivity index (χ3v) is 16.5. The van der Waals surface area contributed by atoms with Crippen LogP contribution in [-0.2, 0) is 16.2 Å². The number of anilines is 3. The van der Waals surface area contributed by atoms with Crippen LogP contribution < -0.4 is 4.90 Å². The van der Waals surface area contributed by atoms with Gasteiger partial charge in [0.15, 0.2) is 0 Å². The van der Waals surface area contributed by atoms with Crippen molar-refractivity contribution in [2.24, 2.45) is 5.92 Å². The molecular formula is C67H55N. The van der Waals surface area contributed by atoms with Gasteiger partial charge in [-0.15, -0.1) is 0 Å². The Balaban J connectivity index is 1.09. The normalized spacial score (nSPS) is 20.4. The Bertz CT molecular complexity index is 3460. The maximum absolute atomic E-state index is 2.62. The maximum atomic E-state index is 2.62. The molecule has 5 aliphatic carbocycles. The SMILES string of the molecule is CC1(C)c2ccccc2-c2ccc(C3(c4ccc5c(c4)C(C)(C)C4C=CC=CC54)c4ccccc4-c4ccc(N(c5ccc(-c6ccccc6)cc5)c5ccccc5C5=CC=CCC5)cc43)cc21. The van der Waals surface area contributed by atoms with Crippen LogP contribution in [0, 0.1) is 5.92 Å². The van der Waals surface area contributed by atoms with Gasteiger partial charge in [0.05, 0.1) is 11.1 Å². The summed E-state index contributed by atoms with van der Waals surface area (Å²) in [4.78, 5) is 2.52. The van der Waals surface area contributed by atoms with Crippen LogP contribution in [0.15, 0.2) is 225 Å². The molecule has 0 bridgehead atoms. The van der Waals surface area contributed by atoms with E-state index >= 15 is 0 Å². The topological polar surface area (TPSA) is 3.24 Å². The fourth-order valence-corrected chi connectivity index (χ4v) is 13.2. The van der Waals surface area contributed by atoms with E-state index in [9.17, 15) is 0 Å². The molecule has 328 valence electrons. The molecular weight excluding hydrogens is 819 g/mol. The molecule has 1 heteroatoms. The maximum Gasteiger partial charge on any atom is 0.0714 e. The summed E-state index contributed by atoms with van der Waals surface area (Å²) in [5.41, 5.74) is 24.0. The highest BCUT2D eigenvalue weighted by molar-refractivity contribution is 5.93. The molecule has 0 saturated carbocycles. The molecule has 8 aromatic rings. The van der Waals surface area contributed by atoms with Gasteiger partial charge in [0, 0.05) is 28.3 Å². The van der Waals surface area contributed by atoms with E-state index in [0.29, 0.717) is 11.8 Å². The van der Waals surface area contributed by atoms with Gasteiger partial charge in [-0.2, -0.15) is 0 Å². The second-order valence-electron chi connectivity index (χ2n) is 20.7. The van der Waals surface area contributed by atoms with Gasteiger partial charge in [0.2, 0.25) is 0 Å². The highest BCUT2D eigenvalue weighted by Gasteiger charge is 2.50. The van der Waals surface area contributed by atoms with Gasteiger partial charge in [-0.25, -0.2) is 0 Å². The van der Waals surface area contributed by atoms with Crippen molar-refractivity contribution < 1.29 is 0 Å². The molecule has 5 aliphatic rings. The van der Waals surface area contributed by atoms with Crippen molar-refractivity contribution in [1.82, 2.24) is 0 Å². The van der Waals surface area contributed by atoms with Crippen LogP contribution in [0.1, 0.15) is 96.5 Å². The van der Waals surface area contributed by atoms with E-state index in [1.54, 1.807) is 0 Å². The fraction of sp³-hybridized carbons (Fsp3) is 0.164. The standard InChI is InChI=1S/C67H55N/c1-65(2)58-27-15-11-24-52(58)55-38-33-47(41-61(55)65)67(48-34-39-56-53-25-12-16-28-59(53)66(3,4)62(56)42-48)60-29-17-13-26-54(60)57-40-37-50(43-63(57)67)68(49-35-31-45(32-36-49)44-19-7-5-8-20-44)64-30-18-14-23-51(64)46-21-9-6-10-22-46/h5-9,11-21,23-43,52,58H,10,22H2,1-4H3. The lowest BCUT2D eigenvalue weighted by Crippen LogP contribution is -2.30. The van der Waals surface area contributed by atoms with Crippen LogP contribution in [0.2, 0.25) is 0 Å². The molecule has 0 spiro atoms. The molecule has 0 aliphatic heterocycles. The monoisotopic (exact) mass is 873 g/mol. The molecule has 13 rings (SSSR count). The molecule has 0 fully saturated rings. The van der Waals surface area contributed by atoms with Crippen molar-refractivity contribution in [3.05, 3.63) is 275 Å². The van der Waals surface area contributed by atoms with E-state index in [-0.39, 0.29) is 10.8 Å². The van der Waals surface area contributed by atoms with E-state index in [1.807, 2.05) is 0 Å². The van der Waals surface area contributed by atoms with E-state index in [4.69, 9.17) is 0 Å². The molecule has 0 aromatic heterocycles. The summed E-state index contributed by atoms with van der Waals surface area (Å²) < 4.78 is 0. The number of allylic oxidation sites excluding steroid dienone is 8. The Kier molecular flexibility index (Phi) is 9.16. The molecule has 68 heavy (non-hydrogen) atoms. The summed E-state index contributed by atoms with van der Waals surface area (Å²) in [5.74, 6) is 0.792. The first-order chi connectivity index (χ1) is 33.2. The van der Waals surface area contributed by atoms with E-state index < -0.39 is 5.41 Å². The first-order valence-electron chi connectivity index (χ1n) is 24.6. The zero-order chi connectivity index (χ0) is 45.8. The van der Waals surface area contributed by atoms with Gasteiger partial charge in [-0.3, -0.25) is 0 Å². The number of fused-ring (bicyclic) bond motifs is 9. The van der Waals surface area contributed by atoms with Crippen molar-refractivity contribution in [2.45, 2.75) is 62.7 Å². The summed E-state index contributed by atoms with van der Waals surface area (Å²) in [6.07, 6.45) is 18.3. The summed E-state index contributed by atoms with van der Waals surface area (Å²) in [5, 5.41) is 0. The van der Waals surface area contributed by atoms with Crippen molar-refractivity contribution in [3.63, 3.8) is 0 Å². The van der Waals surface area contributed by atoms with Crippen LogP contribution in [0.25, 0.3) is 39.0 Å². The first-order valence-corrected chi connectivity index (χ1v) is 24.6. The zero-order valence-corrected chi connectivity index (χ0v) is 39.4. The third kappa shape index (κ3) is 5.88. The second-order valence-corrected chi connectivity index (χ2v) is 20.7. The smallest absolute Gasteiger partial charge is 0.0714 e.